The first kappa shape index (κ1) is 14.8. The van der Waals surface area contributed by atoms with E-state index < -0.39 is 0 Å². The molecule has 0 saturated heterocycles. The molecule has 0 radical (unpaired) electrons. The average Bonchev–Trinajstić information content (AvgIpc) is 2.39. The van der Waals surface area contributed by atoms with Gasteiger partial charge in [0.1, 0.15) is 18.2 Å². The Morgan fingerprint density at radius 2 is 2.00 bits per heavy atom. The Balaban J connectivity index is 2.15. The van der Waals surface area contributed by atoms with Gasteiger partial charge in [-0.1, -0.05) is 29.8 Å². The molecule has 0 aromatic heterocycles. The molecule has 0 heterocycles. The Morgan fingerprint density at radius 3 is 2.70 bits per heavy atom. The highest BCUT2D eigenvalue weighted by Gasteiger charge is 2.10. The topological polar surface area (TPSA) is 35.2 Å². The first-order valence-corrected chi connectivity index (χ1v) is 6.84. The summed E-state index contributed by atoms with van der Waals surface area (Å²) in [6.07, 6.45) is 0.637. The summed E-state index contributed by atoms with van der Waals surface area (Å²) in [4.78, 5) is 0. The van der Waals surface area contributed by atoms with E-state index in [1.165, 1.54) is 12.1 Å². The molecule has 2 N–H and O–H groups in total. The second kappa shape index (κ2) is 6.73. The van der Waals surface area contributed by atoms with Gasteiger partial charge in [-0.15, -0.1) is 0 Å². The lowest BCUT2D eigenvalue weighted by Gasteiger charge is -2.14. The molecule has 0 aliphatic carbocycles. The third-order valence-corrected chi connectivity index (χ3v) is 3.24. The van der Waals surface area contributed by atoms with Gasteiger partial charge in [0, 0.05) is 16.6 Å². The molecule has 1 unspecified atom stereocenters. The second-order valence-corrected chi connectivity index (χ2v) is 5.22. The van der Waals surface area contributed by atoms with Crippen molar-refractivity contribution in [3.8, 4) is 5.75 Å². The van der Waals surface area contributed by atoms with Crippen molar-refractivity contribution in [3.63, 3.8) is 0 Å². The minimum Gasteiger partial charge on any atom is -0.489 e. The number of hydrogen-bond acceptors (Lipinski definition) is 2. The molecular formula is C16H17ClFNO. The highest BCUT2D eigenvalue weighted by atomic mass is 35.5. The standard InChI is InChI=1S/C16H17ClFNO/c1-11(19)8-14-15(17)6-3-7-16(14)20-10-12-4-2-5-13(18)9-12/h2-7,9,11H,8,10,19H2,1H3. The van der Waals surface area contributed by atoms with Gasteiger partial charge in [0.05, 0.1) is 0 Å². The van der Waals surface area contributed by atoms with Gasteiger partial charge in [0.15, 0.2) is 0 Å². The minimum atomic E-state index is -0.270. The summed E-state index contributed by atoms with van der Waals surface area (Å²) in [5.41, 5.74) is 7.49. The van der Waals surface area contributed by atoms with Crippen LogP contribution in [0.5, 0.6) is 5.75 Å². The predicted molar refractivity (Wildman–Crippen MR) is 79.5 cm³/mol. The van der Waals surface area contributed by atoms with Crippen LogP contribution in [-0.2, 0) is 13.0 Å². The SMILES string of the molecule is CC(N)Cc1c(Cl)cccc1OCc1cccc(F)c1. The molecule has 0 aliphatic heterocycles. The van der Waals surface area contributed by atoms with Crippen molar-refractivity contribution in [2.45, 2.75) is 26.0 Å². The normalized spacial score (nSPS) is 12.2. The molecular weight excluding hydrogens is 277 g/mol. The molecule has 0 saturated carbocycles. The van der Waals surface area contributed by atoms with E-state index in [-0.39, 0.29) is 11.9 Å². The van der Waals surface area contributed by atoms with Gasteiger partial charge in [0.25, 0.3) is 0 Å². The fourth-order valence-electron chi connectivity index (χ4n) is 1.98. The highest BCUT2D eigenvalue weighted by Crippen LogP contribution is 2.28. The molecule has 0 spiro atoms. The van der Waals surface area contributed by atoms with Crippen LogP contribution in [0.4, 0.5) is 4.39 Å². The number of nitrogens with two attached hydrogens (primary N) is 1. The summed E-state index contributed by atoms with van der Waals surface area (Å²) in [5.74, 6) is 0.423. The predicted octanol–water partition coefficient (Wildman–Crippen LogP) is 3.95. The molecule has 4 heteroatoms. The Kier molecular flexibility index (Phi) is 4.99. The van der Waals surface area contributed by atoms with Crippen LogP contribution in [0.15, 0.2) is 42.5 Å². The van der Waals surface area contributed by atoms with Crippen LogP contribution in [0.1, 0.15) is 18.1 Å². The smallest absolute Gasteiger partial charge is 0.124 e. The maximum Gasteiger partial charge on any atom is 0.124 e. The third-order valence-electron chi connectivity index (χ3n) is 2.89. The number of halogens is 2. The lowest BCUT2D eigenvalue weighted by Crippen LogP contribution is -2.18. The molecule has 2 rings (SSSR count). The number of benzene rings is 2. The van der Waals surface area contributed by atoms with E-state index in [2.05, 4.69) is 0 Å². The molecule has 106 valence electrons. The monoisotopic (exact) mass is 293 g/mol. The molecule has 2 aromatic carbocycles. The second-order valence-electron chi connectivity index (χ2n) is 4.82. The van der Waals surface area contributed by atoms with E-state index in [9.17, 15) is 4.39 Å². The van der Waals surface area contributed by atoms with Gasteiger partial charge in [0.2, 0.25) is 0 Å². The maximum absolute atomic E-state index is 13.1. The summed E-state index contributed by atoms with van der Waals surface area (Å²) in [5, 5.41) is 0.638. The van der Waals surface area contributed by atoms with Crippen molar-refractivity contribution < 1.29 is 9.13 Å². The van der Waals surface area contributed by atoms with Gasteiger partial charge in [-0.2, -0.15) is 0 Å². The zero-order chi connectivity index (χ0) is 14.5. The van der Waals surface area contributed by atoms with Crippen molar-refractivity contribution in [3.05, 3.63) is 64.4 Å². The lowest BCUT2D eigenvalue weighted by atomic mass is 10.1. The molecule has 20 heavy (non-hydrogen) atoms. The van der Waals surface area contributed by atoms with Gasteiger partial charge in [-0.3, -0.25) is 0 Å². The highest BCUT2D eigenvalue weighted by molar-refractivity contribution is 6.31. The first-order valence-electron chi connectivity index (χ1n) is 6.46. The van der Waals surface area contributed by atoms with E-state index in [0.29, 0.717) is 23.8 Å². The van der Waals surface area contributed by atoms with E-state index >= 15 is 0 Å². The quantitative estimate of drug-likeness (QED) is 0.906. The summed E-state index contributed by atoms with van der Waals surface area (Å²) >= 11 is 6.18. The third kappa shape index (κ3) is 3.95. The summed E-state index contributed by atoms with van der Waals surface area (Å²) in [6, 6.07) is 11.8. The fraction of sp³-hybridized carbons (Fsp3) is 0.250. The molecule has 0 aliphatic rings. The van der Waals surface area contributed by atoms with Gasteiger partial charge >= 0.3 is 0 Å². The molecule has 2 nitrogen and oxygen atoms in total. The van der Waals surface area contributed by atoms with Crippen molar-refractivity contribution >= 4 is 11.6 Å². The van der Waals surface area contributed by atoms with Crippen molar-refractivity contribution in [1.82, 2.24) is 0 Å². The van der Waals surface area contributed by atoms with E-state index in [1.807, 2.05) is 31.2 Å². The van der Waals surface area contributed by atoms with Crippen LogP contribution < -0.4 is 10.5 Å². The van der Waals surface area contributed by atoms with Gasteiger partial charge in [-0.25, -0.2) is 4.39 Å². The summed E-state index contributed by atoms with van der Waals surface area (Å²) < 4.78 is 18.9. The molecule has 0 bridgehead atoms. The molecule has 0 amide bonds. The fourth-order valence-corrected chi connectivity index (χ4v) is 2.23. The van der Waals surface area contributed by atoms with Gasteiger partial charge in [-0.05, 0) is 43.2 Å². The zero-order valence-corrected chi connectivity index (χ0v) is 12.0. The number of ether oxygens (including phenoxy) is 1. The largest absolute Gasteiger partial charge is 0.489 e. The van der Waals surface area contributed by atoms with E-state index in [4.69, 9.17) is 22.1 Å². The molecule has 1 atom stereocenters. The summed E-state index contributed by atoms with van der Waals surface area (Å²) in [6.45, 7) is 2.21. The van der Waals surface area contributed by atoms with Crippen LogP contribution in [-0.4, -0.2) is 6.04 Å². The van der Waals surface area contributed by atoms with Crippen LogP contribution in [0, 0.1) is 5.82 Å². The van der Waals surface area contributed by atoms with E-state index in [1.54, 1.807) is 6.07 Å². The van der Waals surface area contributed by atoms with Crippen LogP contribution in [0.25, 0.3) is 0 Å². The van der Waals surface area contributed by atoms with E-state index in [0.717, 1.165) is 11.1 Å². The van der Waals surface area contributed by atoms with Crippen molar-refractivity contribution in [1.29, 1.82) is 0 Å². The van der Waals surface area contributed by atoms with Crippen LogP contribution >= 0.6 is 11.6 Å². The Morgan fingerprint density at radius 1 is 1.25 bits per heavy atom. The first-order chi connectivity index (χ1) is 9.56. The Bertz CT molecular complexity index is 586. The number of rotatable bonds is 5. The van der Waals surface area contributed by atoms with Crippen molar-refractivity contribution in [2.75, 3.05) is 0 Å². The number of hydrogen-bond donors (Lipinski definition) is 1. The van der Waals surface area contributed by atoms with Crippen LogP contribution in [0.2, 0.25) is 5.02 Å². The molecule has 2 aromatic rings. The zero-order valence-electron chi connectivity index (χ0n) is 11.3. The maximum atomic E-state index is 13.1. The van der Waals surface area contributed by atoms with Crippen LogP contribution in [0.3, 0.4) is 0 Å². The average molecular weight is 294 g/mol. The minimum absolute atomic E-state index is 0.00794. The lowest BCUT2D eigenvalue weighted by molar-refractivity contribution is 0.302. The van der Waals surface area contributed by atoms with Crippen molar-refractivity contribution in [2.24, 2.45) is 5.73 Å². The Hall–Kier alpha value is -1.58. The van der Waals surface area contributed by atoms with Gasteiger partial charge < -0.3 is 10.5 Å². The summed E-state index contributed by atoms with van der Waals surface area (Å²) in [7, 11) is 0. The molecule has 0 fully saturated rings. The Labute approximate surface area is 123 Å².